The van der Waals surface area contributed by atoms with Gasteiger partial charge in [0.2, 0.25) is 5.78 Å². The molecule has 1 fully saturated rings. The van der Waals surface area contributed by atoms with Crippen LogP contribution in [0.1, 0.15) is 36.1 Å². The van der Waals surface area contributed by atoms with Crippen molar-refractivity contribution in [1.29, 1.82) is 0 Å². The number of fused-ring (bicyclic) bond motifs is 1. The topological polar surface area (TPSA) is 83.3 Å². The summed E-state index contributed by atoms with van der Waals surface area (Å²) in [4.78, 5) is 28.9. The molecule has 7 heteroatoms. The highest BCUT2D eigenvalue weighted by atomic mass is 16.5. The SMILES string of the molecule is COc1ccc(C2/C(=C(\[O-])c3ccc4c(c3)CC(C)O4)C(=O)C(=O)N2CCC[NH+](C)C)cc1. The predicted molar refractivity (Wildman–Crippen MR) is 122 cm³/mol. The molecule has 1 amide bonds. The van der Waals surface area contributed by atoms with Gasteiger partial charge in [-0.3, -0.25) is 9.59 Å². The third-order valence-corrected chi connectivity index (χ3v) is 6.19. The standard InChI is InChI=1S/C26H30N2O5/c1-16-14-19-15-18(8-11-21(19)33-16)24(29)22-23(17-6-9-20(32-4)10-7-17)28(26(31)25(22)30)13-5-12-27(2)3/h6-11,15-16,23,29H,5,12-14H2,1-4H3/b24-22+. The highest BCUT2D eigenvalue weighted by molar-refractivity contribution is 6.46. The molecule has 0 spiro atoms. The average molecular weight is 451 g/mol. The number of nitrogens with zero attached hydrogens (tertiary/aromatic N) is 1. The maximum atomic E-state index is 13.6. The van der Waals surface area contributed by atoms with Gasteiger partial charge in [0.1, 0.15) is 17.6 Å². The van der Waals surface area contributed by atoms with E-state index >= 15 is 0 Å². The molecule has 4 rings (SSSR count). The monoisotopic (exact) mass is 450 g/mol. The van der Waals surface area contributed by atoms with Crippen molar-refractivity contribution < 1.29 is 29.1 Å². The minimum Gasteiger partial charge on any atom is -0.872 e. The first-order chi connectivity index (χ1) is 15.8. The molecule has 2 heterocycles. The second-order valence-corrected chi connectivity index (χ2v) is 9.01. The van der Waals surface area contributed by atoms with Crippen molar-refractivity contribution >= 4 is 17.4 Å². The summed E-state index contributed by atoms with van der Waals surface area (Å²) in [5.74, 6) is -0.318. The number of rotatable bonds is 7. The zero-order valence-electron chi connectivity index (χ0n) is 19.5. The van der Waals surface area contributed by atoms with Crippen molar-refractivity contribution in [2.75, 3.05) is 34.3 Å². The van der Waals surface area contributed by atoms with E-state index in [1.807, 2.05) is 33.2 Å². The maximum absolute atomic E-state index is 13.6. The Balaban J connectivity index is 1.77. The first kappa shape index (κ1) is 22.9. The summed E-state index contributed by atoms with van der Waals surface area (Å²) in [5, 5.41) is 13.6. The molecular weight excluding hydrogens is 420 g/mol. The molecule has 1 N–H and O–H groups in total. The van der Waals surface area contributed by atoms with Gasteiger partial charge in [-0.05, 0) is 47.9 Å². The molecule has 2 aliphatic rings. The van der Waals surface area contributed by atoms with Gasteiger partial charge in [0.25, 0.3) is 5.91 Å². The van der Waals surface area contributed by atoms with Crippen LogP contribution in [0.2, 0.25) is 0 Å². The molecule has 0 saturated carbocycles. The number of nitrogens with one attached hydrogen (secondary N) is 1. The maximum Gasteiger partial charge on any atom is 0.295 e. The number of ketones is 1. The third kappa shape index (κ3) is 4.46. The largest absolute Gasteiger partial charge is 0.872 e. The minimum atomic E-state index is -0.719. The number of carbonyl (C=O) groups excluding carboxylic acids is 2. The van der Waals surface area contributed by atoms with E-state index in [1.54, 1.807) is 42.3 Å². The third-order valence-electron chi connectivity index (χ3n) is 6.19. The molecule has 0 bridgehead atoms. The number of ether oxygens (including phenoxy) is 2. The van der Waals surface area contributed by atoms with Gasteiger partial charge in [0.15, 0.2) is 0 Å². The van der Waals surface area contributed by atoms with E-state index in [4.69, 9.17) is 9.47 Å². The zero-order chi connectivity index (χ0) is 23.7. The zero-order valence-corrected chi connectivity index (χ0v) is 19.5. The van der Waals surface area contributed by atoms with Crippen molar-refractivity contribution in [2.24, 2.45) is 0 Å². The number of amides is 1. The molecule has 1 saturated heterocycles. The van der Waals surface area contributed by atoms with E-state index in [9.17, 15) is 14.7 Å². The Kier molecular flexibility index (Phi) is 6.42. The highest BCUT2D eigenvalue weighted by Gasteiger charge is 2.44. The lowest BCUT2D eigenvalue weighted by atomic mass is 9.94. The Morgan fingerprint density at radius 2 is 1.91 bits per heavy atom. The summed E-state index contributed by atoms with van der Waals surface area (Å²) in [6, 6.07) is 11.7. The molecule has 0 aromatic heterocycles. The summed E-state index contributed by atoms with van der Waals surface area (Å²) >= 11 is 0. The molecule has 7 nitrogen and oxygen atoms in total. The van der Waals surface area contributed by atoms with Gasteiger partial charge in [-0.25, -0.2) is 0 Å². The number of likely N-dealkylation sites (tertiary alicyclic amines) is 1. The second kappa shape index (κ2) is 9.27. The predicted octanol–water partition coefficient (Wildman–Crippen LogP) is 0.777. The molecule has 2 aromatic rings. The molecule has 2 aromatic carbocycles. The van der Waals surface area contributed by atoms with Gasteiger partial charge in [-0.1, -0.05) is 24.0 Å². The molecule has 2 unspecified atom stereocenters. The Labute approximate surface area is 194 Å². The van der Waals surface area contributed by atoms with E-state index < -0.39 is 23.5 Å². The Hall–Kier alpha value is -3.32. The van der Waals surface area contributed by atoms with Crippen LogP contribution < -0.4 is 19.5 Å². The number of benzene rings is 2. The summed E-state index contributed by atoms with van der Waals surface area (Å²) in [5.41, 5.74) is 2.07. The van der Waals surface area contributed by atoms with Crippen LogP contribution in [0.5, 0.6) is 11.5 Å². The van der Waals surface area contributed by atoms with Crippen LogP contribution in [0.25, 0.3) is 5.76 Å². The van der Waals surface area contributed by atoms with Gasteiger partial charge in [-0.15, -0.1) is 0 Å². The first-order valence-electron chi connectivity index (χ1n) is 11.3. The van der Waals surface area contributed by atoms with Crippen LogP contribution in [-0.2, 0) is 16.0 Å². The highest BCUT2D eigenvalue weighted by Crippen LogP contribution is 2.40. The fraction of sp³-hybridized carbons (Fsp3) is 0.385. The smallest absolute Gasteiger partial charge is 0.295 e. The van der Waals surface area contributed by atoms with Crippen LogP contribution >= 0.6 is 0 Å². The van der Waals surface area contributed by atoms with E-state index in [-0.39, 0.29) is 11.7 Å². The number of quaternary nitrogens is 1. The van der Waals surface area contributed by atoms with E-state index in [0.29, 0.717) is 29.8 Å². The number of hydrogen-bond acceptors (Lipinski definition) is 5. The quantitative estimate of drug-likeness (QED) is 0.383. The summed E-state index contributed by atoms with van der Waals surface area (Å²) in [6.07, 6.45) is 1.48. The lowest BCUT2D eigenvalue weighted by Crippen LogP contribution is -3.05. The summed E-state index contributed by atoms with van der Waals surface area (Å²) in [7, 11) is 5.65. The van der Waals surface area contributed by atoms with Gasteiger partial charge < -0.3 is 24.4 Å². The van der Waals surface area contributed by atoms with Crippen molar-refractivity contribution in [3.8, 4) is 11.5 Å². The van der Waals surface area contributed by atoms with Gasteiger partial charge in [-0.2, -0.15) is 0 Å². The van der Waals surface area contributed by atoms with Crippen LogP contribution in [0.3, 0.4) is 0 Å². The second-order valence-electron chi connectivity index (χ2n) is 9.01. The fourth-order valence-corrected chi connectivity index (χ4v) is 4.56. The van der Waals surface area contributed by atoms with Crippen LogP contribution in [0.15, 0.2) is 48.0 Å². The number of Topliss-reactive ketones (excluding diaryl/α,β-unsaturated/α-hetero) is 1. The van der Waals surface area contributed by atoms with Crippen LogP contribution in [0.4, 0.5) is 0 Å². The molecule has 2 atom stereocenters. The van der Waals surface area contributed by atoms with Crippen molar-refractivity contribution in [3.05, 3.63) is 64.7 Å². The molecule has 0 radical (unpaired) electrons. The van der Waals surface area contributed by atoms with E-state index in [0.717, 1.165) is 24.3 Å². The fourth-order valence-electron chi connectivity index (χ4n) is 4.56. The molecule has 0 aliphatic carbocycles. The van der Waals surface area contributed by atoms with Gasteiger partial charge >= 0.3 is 0 Å². The summed E-state index contributed by atoms with van der Waals surface area (Å²) in [6.45, 7) is 3.22. The molecule has 2 aliphatic heterocycles. The van der Waals surface area contributed by atoms with Crippen LogP contribution in [0, 0.1) is 0 Å². The van der Waals surface area contributed by atoms with Gasteiger partial charge in [0, 0.05) is 25.0 Å². The van der Waals surface area contributed by atoms with Gasteiger partial charge in [0.05, 0.1) is 33.8 Å². The minimum absolute atomic E-state index is 0.00859. The van der Waals surface area contributed by atoms with Crippen LogP contribution in [-0.4, -0.2) is 57.0 Å². The van der Waals surface area contributed by atoms with Crippen molar-refractivity contribution in [2.45, 2.75) is 31.9 Å². The average Bonchev–Trinajstić information content (AvgIpc) is 3.29. The molecule has 174 valence electrons. The lowest BCUT2D eigenvalue weighted by molar-refractivity contribution is -0.858. The number of hydrogen-bond donors (Lipinski definition) is 1. The van der Waals surface area contributed by atoms with E-state index in [2.05, 4.69) is 0 Å². The normalized spacial score (nSPS) is 21.4. The Bertz CT molecular complexity index is 1090. The number of methoxy groups -OCH3 is 1. The number of carbonyl (C=O) groups is 2. The van der Waals surface area contributed by atoms with Crippen molar-refractivity contribution in [3.63, 3.8) is 0 Å². The Morgan fingerprint density at radius 1 is 1.18 bits per heavy atom. The summed E-state index contributed by atoms with van der Waals surface area (Å²) < 4.78 is 11.0. The van der Waals surface area contributed by atoms with Crippen molar-refractivity contribution in [1.82, 2.24) is 4.90 Å². The lowest BCUT2D eigenvalue weighted by Gasteiger charge is -2.28. The molecular formula is C26H30N2O5. The van der Waals surface area contributed by atoms with E-state index in [1.165, 1.54) is 4.90 Å². The molecule has 33 heavy (non-hydrogen) atoms. The Morgan fingerprint density at radius 3 is 2.58 bits per heavy atom. The first-order valence-corrected chi connectivity index (χ1v) is 11.3.